The van der Waals surface area contributed by atoms with Crippen molar-refractivity contribution >= 4 is 12.1 Å². The molecule has 2 aliphatic rings. The number of urea groups is 1. The number of carbonyl (C=O) groups excluding carboxylic acids is 1. The topological polar surface area (TPSA) is 98.9 Å². The summed E-state index contributed by atoms with van der Waals surface area (Å²) in [6.07, 6.45) is 0.0424. The third-order valence-electron chi connectivity index (χ3n) is 2.92. The molecule has 2 N–H and O–H groups in total. The number of rotatable bonds is 0. The average Bonchev–Trinajstić information content (AvgIpc) is 2.76. The zero-order valence-electron chi connectivity index (χ0n) is 8.07. The molecule has 3 rings (SSSR count). The van der Waals surface area contributed by atoms with Crippen LogP contribution in [0.15, 0.2) is 6.33 Å². The predicted molar refractivity (Wildman–Crippen MR) is 47.8 cm³/mol. The van der Waals surface area contributed by atoms with Crippen molar-refractivity contribution in [1.29, 1.82) is 0 Å². The van der Waals surface area contributed by atoms with Gasteiger partial charge in [0.05, 0.1) is 24.5 Å². The second-order valence-corrected chi connectivity index (χ2v) is 3.75. The Morgan fingerprint density at radius 3 is 3.00 bits per heavy atom. The maximum absolute atomic E-state index is 11.5. The number of hydroxylamine groups is 2. The molecule has 1 aromatic rings. The van der Waals surface area contributed by atoms with E-state index in [1.807, 2.05) is 0 Å². The van der Waals surface area contributed by atoms with Crippen LogP contribution in [0, 0.1) is 0 Å². The molecule has 0 radical (unpaired) electrons. The minimum Gasteiger partial charge on any atom is -0.464 e. The third kappa shape index (κ3) is 0.936. The molecule has 0 spiro atoms. The Kier molecular flexibility index (Phi) is 1.56. The van der Waals surface area contributed by atoms with Gasteiger partial charge in [-0.3, -0.25) is 5.21 Å². The van der Waals surface area contributed by atoms with Gasteiger partial charge in [-0.15, -0.1) is 0 Å². The highest BCUT2D eigenvalue weighted by Gasteiger charge is 2.45. The van der Waals surface area contributed by atoms with Crippen molar-refractivity contribution in [2.75, 3.05) is 6.54 Å². The second-order valence-electron chi connectivity index (χ2n) is 3.75. The summed E-state index contributed by atoms with van der Waals surface area (Å²) in [5, 5.41) is 19.0. The van der Waals surface area contributed by atoms with Gasteiger partial charge in [0.25, 0.3) is 0 Å². The lowest BCUT2D eigenvalue weighted by atomic mass is 10.1. The fourth-order valence-electron chi connectivity index (χ4n) is 2.15. The van der Waals surface area contributed by atoms with E-state index in [1.54, 1.807) is 0 Å². The van der Waals surface area contributed by atoms with Gasteiger partial charge >= 0.3 is 12.1 Å². The fraction of sp³-hybridized carbons (Fsp3) is 0.375. The lowest BCUT2D eigenvalue weighted by Gasteiger charge is -2.20. The summed E-state index contributed by atoms with van der Waals surface area (Å²) in [5.41, 5.74) is 0.889. The number of hydrogen-bond acceptors (Lipinski definition) is 4. The maximum Gasteiger partial charge on any atom is 0.417 e. The van der Waals surface area contributed by atoms with Gasteiger partial charge in [0.15, 0.2) is 0 Å². The van der Waals surface area contributed by atoms with Crippen LogP contribution in [0.3, 0.4) is 0 Å². The molecule has 2 amide bonds. The standard InChI is InChI=1S/C8H8N4O4/c13-7-10-1-4-6(5(2-10)12(7)16)9-3-11(4)8(14)15/h3,5,16H,1-2H2,(H,14,15). The fourth-order valence-corrected chi connectivity index (χ4v) is 2.15. The van der Waals surface area contributed by atoms with Crippen LogP contribution < -0.4 is 0 Å². The lowest BCUT2D eigenvalue weighted by Crippen LogP contribution is -2.30. The zero-order valence-corrected chi connectivity index (χ0v) is 8.07. The van der Waals surface area contributed by atoms with Gasteiger partial charge in [-0.1, -0.05) is 0 Å². The Balaban J connectivity index is 2.12. The Labute approximate surface area is 89.3 Å². The molecule has 16 heavy (non-hydrogen) atoms. The van der Waals surface area contributed by atoms with Crippen LogP contribution in [-0.4, -0.2) is 48.5 Å². The summed E-state index contributed by atoms with van der Waals surface area (Å²) >= 11 is 0. The highest BCUT2D eigenvalue weighted by Crippen LogP contribution is 2.35. The van der Waals surface area contributed by atoms with Crippen LogP contribution in [0.1, 0.15) is 17.4 Å². The molecule has 0 aliphatic carbocycles. The first kappa shape index (κ1) is 9.16. The maximum atomic E-state index is 11.5. The van der Waals surface area contributed by atoms with E-state index in [0.29, 0.717) is 23.0 Å². The molecule has 3 heterocycles. The van der Waals surface area contributed by atoms with Crippen molar-refractivity contribution in [2.24, 2.45) is 0 Å². The van der Waals surface area contributed by atoms with Crippen molar-refractivity contribution in [1.82, 2.24) is 19.5 Å². The second kappa shape index (κ2) is 2.73. The largest absolute Gasteiger partial charge is 0.464 e. The highest BCUT2D eigenvalue weighted by molar-refractivity contribution is 5.78. The van der Waals surface area contributed by atoms with E-state index in [2.05, 4.69) is 4.98 Å². The highest BCUT2D eigenvalue weighted by atomic mass is 16.5. The number of imidazole rings is 1. The normalized spacial score (nSPS) is 22.6. The number of aromatic nitrogens is 2. The molecule has 84 valence electrons. The predicted octanol–water partition coefficient (Wildman–Crippen LogP) is 0.0907. The molecular formula is C8H8N4O4. The first-order chi connectivity index (χ1) is 7.59. The smallest absolute Gasteiger partial charge is 0.417 e. The SMILES string of the molecule is O=C1N2Cc3c(ncn3C(=O)O)C(C2)N1O. The van der Waals surface area contributed by atoms with Gasteiger partial charge in [-0.05, 0) is 0 Å². The van der Waals surface area contributed by atoms with Crippen molar-refractivity contribution in [3.8, 4) is 0 Å². The molecule has 1 fully saturated rings. The minimum absolute atomic E-state index is 0.161. The number of hydrogen-bond donors (Lipinski definition) is 2. The molecule has 0 aromatic carbocycles. The van der Waals surface area contributed by atoms with E-state index in [9.17, 15) is 14.8 Å². The molecule has 1 aromatic heterocycles. The van der Waals surface area contributed by atoms with Gasteiger partial charge in [0, 0.05) is 0 Å². The number of fused-ring (bicyclic) bond motifs is 4. The quantitative estimate of drug-likeness (QED) is 0.608. The van der Waals surface area contributed by atoms with E-state index in [4.69, 9.17) is 5.11 Å². The molecule has 1 atom stereocenters. The summed E-state index contributed by atoms with van der Waals surface area (Å²) in [5.74, 6) is 0. The van der Waals surface area contributed by atoms with Crippen LogP contribution >= 0.6 is 0 Å². The molecule has 0 saturated carbocycles. The summed E-state index contributed by atoms with van der Waals surface area (Å²) in [7, 11) is 0. The van der Waals surface area contributed by atoms with E-state index in [-0.39, 0.29) is 6.54 Å². The van der Waals surface area contributed by atoms with Crippen molar-refractivity contribution < 1.29 is 19.9 Å². The van der Waals surface area contributed by atoms with Crippen molar-refractivity contribution in [2.45, 2.75) is 12.6 Å². The van der Waals surface area contributed by atoms with Crippen LogP contribution in [0.2, 0.25) is 0 Å². The van der Waals surface area contributed by atoms with Crippen LogP contribution in [0.4, 0.5) is 9.59 Å². The zero-order chi connectivity index (χ0) is 11.4. The Morgan fingerprint density at radius 1 is 1.56 bits per heavy atom. The summed E-state index contributed by atoms with van der Waals surface area (Å²) in [6, 6.07) is -1.07. The molecule has 2 bridgehead atoms. The van der Waals surface area contributed by atoms with Gasteiger partial charge in [0.1, 0.15) is 12.4 Å². The summed E-state index contributed by atoms with van der Waals surface area (Å²) in [4.78, 5) is 27.7. The lowest BCUT2D eigenvalue weighted by molar-refractivity contribution is -0.0596. The third-order valence-corrected chi connectivity index (χ3v) is 2.92. The van der Waals surface area contributed by atoms with Crippen molar-refractivity contribution in [3.63, 3.8) is 0 Å². The first-order valence-corrected chi connectivity index (χ1v) is 4.66. The number of nitrogens with zero attached hydrogens (tertiary/aromatic N) is 4. The van der Waals surface area contributed by atoms with Crippen LogP contribution in [0.5, 0.6) is 0 Å². The van der Waals surface area contributed by atoms with Crippen LogP contribution in [0.25, 0.3) is 0 Å². The van der Waals surface area contributed by atoms with Gasteiger partial charge < -0.3 is 10.0 Å². The average molecular weight is 224 g/mol. The minimum atomic E-state index is -1.15. The summed E-state index contributed by atoms with van der Waals surface area (Å²) < 4.78 is 0.973. The van der Waals surface area contributed by atoms with E-state index in [0.717, 1.165) is 4.57 Å². The molecule has 2 aliphatic heterocycles. The molecule has 8 heteroatoms. The number of amides is 2. The van der Waals surface area contributed by atoms with Crippen LogP contribution in [-0.2, 0) is 6.54 Å². The van der Waals surface area contributed by atoms with Gasteiger partial charge in [0.2, 0.25) is 0 Å². The molecule has 1 unspecified atom stereocenters. The first-order valence-electron chi connectivity index (χ1n) is 4.66. The number of carboxylic acid groups (broad SMARTS) is 1. The Morgan fingerprint density at radius 2 is 2.31 bits per heavy atom. The van der Waals surface area contributed by atoms with Gasteiger partial charge in [-0.2, -0.15) is 5.06 Å². The Bertz CT molecular complexity index is 496. The van der Waals surface area contributed by atoms with E-state index >= 15 is 0 Å². The van der Waals surface area contributed by atoms with Crippen molar-refractivity contribution in [3.05, 3.63) is 17.7 Å². The molecule has 1 saturated heterocycles. The van der Waals surface area contributed by atoms with E-state index < -0.39 is 18.2 Å². The molecular weight excluding hydrogens is 216 g/mol. The Hall–Kier alpha value is -2.09. The monoisotopic (exact) mass is 224 g/mol. The van der Waals surface area contributed by atoms with Gasteiger partial charge in [-0.25, -0.2) is 19.1 Å². The van der Waals surface area contributed by atoms with E-state index in [1.165, 1.54) is 11.2 Å². The number of carbonyl (C=O) groups is 2. The summed E-state index contributed by atoms with van der Waals surface area (Å²) in [6.45, 7) is 0.507. The molecule has 8 nitrogen and oxygen atoms in total.